The normalized spacial score (nSPS) is 10.5. The zero-order valence-electron chi connectivity index (χ0n) is 7.54. The average Bonchev–Trinajstić information content (AvgIpc) is 2.52. The first-order valence-electron chi connectivity index (χ1n) is 4.12. The molecule has 0 fully saturated rings. The maximum atomic E-state index is 13.3. The second-order valence-corrected chi connectivity index (χ2v) is 2.94. The summed E-state index contributed by atoms with van der Waals surface area (Å²) in [6, 6.07) is 5.36. The third kappa shape index (κ3) is 1.28. The number of rotatable bonds is 1. The van der Waals surface area contributed by atoms with Crippen LogP contribution in [0.2, 0.25) is 0 Å². The van der Waals surface area contributed by atoms with Crippen molar-refractivity contribution in [2.24, 2.45) is 7.05 Å². The molecule has 0 aliphatic carbocycles. The van der Waals surface area contributed by atoms with Gasteiger partial charge in [-0.1, -0.05) is 6.07 Å². The number of halogens is 2. The van der Waals surface area contributed by atoms with E-state index in [-0.39, 0.29) is 5.56 Å². The molecule has 0 radical (unpaired) electrons. The van der Waals surface area contributed by atoms with Gasteiger partial charge in [0.25, 0.3) is 0 Å². The molecular weight excluding hydrogens is 186 g/mol. The standard InChI is InChI=1S/C10H8F2N2/c1-14-9(5-6-13-14)10-7(11)3-2-4-8(10)12/h2-6H,1H3. The quantitative estimate of drug-likeness (QED) is 0.681. The number of hydrogen-bond acceptors (Lipinski definition) is 1. The van der Waals surface area contributed by atoms with Crippen LogP contribution in [0.5, 0.6) is 0 Å². The van der Waals surface area contributed by atoms with Gasteiger partial charge in [-0.25, -0.2) is 8.78 Å². The molecule has 2 aromatic rings. The Hall–Kier alpha value is -1.71. The van der Waals surface area contributed by atoms with Crippen molar-refractivity contribution in [2.75, 3.05) is 0 Å². The monoisotopic (exact) mass is 194 g/mol. The molecule has 0 aliphatic rings. The maximum Gasteiger partial charge on any atom is 0.135 e. The first-order valence-corrected chi connectivity index (χ1v) is 4.12. The Morgan fingerprint density at radius 1 is 1.14 bits per heavy atom. The molecule has 4 heteroatoms. The van der Waals surface area contributed by atoms with Crippen LogP contribution in [-0.2, 0) is 7.05 Å². The van der Waals surface area contributed by atoms with Crippen LogP contribution in [0.15, 0.2) is 30.5 Å². The lowest BCUT2D eigenvalue weighted by Crippen LogP contribution is -1.97. The highest BCUT2D eigenvalue weighted by molar-refractivity contribution is 5.60. The molecule has 1 heterocycles. The second-order valence-electron chi connectivity index (χ2n) is 2.94. The van der Waals surface area contributed by atoms with Crippen LogP contribution >= 0.6 is 0 Å². The fourth-order valence-electron chi connectivity index (χ4n) is 1.36. The minimum absolute atomic E-state index is 0.0347. The van der Waals surface area contributed by atoms with E-state index >= 15 is 0 Å². The molecule has 0 spiro atoms. The Morgan fingerprint density at radius 3 is 2.29 bits per heavy atom. The fourth-order valence-corrected chi connectivity index (χ4v) is 1.36. The molecule has 0 amide bonds. The number of nitrogens with zero attached hydrogens (tertiary/aromatic N) is 2. The Labute approximate surface area is 79.8 Å². The fraction of sp³-hybridized carbons (Fsp3) is 0.100. The zero-order chi connectivity index (χ0) is 10.1. The topological polar surface area (TPSA) is 17.8 Å². The van der Waals surface area contributed by atoms with Crippen LogP contribution in [0, 0.1) is 11.6 Å². The average molecular weight is 194 g/mol. The molecule has 0 unspecified atom stereocenters. The van der Waals surface area contributed by atoms with E-state index in [0.29, 0.717) is 5.69 Å². The van der Waals surface area contributed by atoms with Crippen LogP contribution in [0.3, 0.4) is 0 Å². The highest BCUT2D eigenvalue weighted by Gasteiger charge is 2.13. The van der Waals surface area contributed by atoms with Gasteiger partial charge >= 0.3 is 0 Å². The Balaban J connectivity index is 2.68. The summed E-state index contributed by atoms with van der Waals surface area (Å²) in [7, 11) is 1.64. The zero-order valence-corrected chi connectivity index (χ0v) is 7.54. The molecule has 72 valence electrons. The molecule has 14 heavy (non-hydrogen) atoms. The van der Waals surface area contributed by atoms with E-state index in [4.69, 9.17) is 0 Å². The Kier molecular flexibility index (Phi) is 2.04. The van der Waals surface area contributed by atoms with E-state index in [1.165, 1.54) is 29.1 Å². The molecule has 0 N–H and O–H groups in total. The van der Waals surface area contributed by atoms with Gasteiger partial charge in [-0.15, -0.1) is 0 Å². The largest absolute Gasteiger partial charge is 0.268 e. The highest BCUT2D eigenvalue weighted by atomic mass is 19.1. The SMILES string of the molecule is Cn1nccc1-c1c(F)cccc1F. The van der Waals surface area contributed by atoms with Crippen LogP contribution in [0.1, 0.15) is 0 Å². The summed E-state index contributed by atoms with van der Waals surface area (Å²) in [6.45, 7) is 0. The van der Waals surface area contributed by atoms with Gasteiger partial charge in [-0.2, -0.15) is 5.10 Å². The summed E-state index contributed by atoms with van der Waals surface area (Å²) in [5.74, 6) is -1.15. The van der Waals surface area contributed by atoms with Gasteiger partial charge in [0.05, 0.1) is 11.3 Å². The van der Waals surface area contributed by atoms with Gasteiger partial charge in [0.15, 0.2) is 0 Å². The van der Waals surface area contributed by atoms with Crippen molar-refractivity contribution in [2.45, 2.75) is 0 Å². The molecule has 0 saturated heterocycles. The molecule has 2 rings (SSSR count). The van der Waals surface area contributed by atoms with Crippen LogP contribution < -0.4 is 0 Å². The predicted molar refractivity (Wildman–Crippen MR) is 48.6 cm³/mol. The lowest BCUT2D eigenvalue weighted by molar-refractivity contribution is 0.585. The van der Waals surface area contributed by atoms with E-state index in [1.807, 2.05) is 0 Å². The summed E-state index contributed by atoms with van der Waals surface area (Å²) in [5.41, 5.74) is 0.396. The molecule has 1 aromatic heterocycles. The van der Waals surface area contributed by atoms with Crippen molar-refractivity contribution >= 4 is 0 Å². The minimum Gasteiger partial charge on any atom is -0.268 e. The van der Waals surface area contributed by atoms with E-state index in [1.54, 1.807) is 13.1 Å². The van der Waals surface area contributed by atoms with Gasteiger partial charge in [-0.3, -0.25) is 4.68 Å². The third-order valence-corrected chi connectivity index (χ3v) is 2.04. The molecule has 0 bridgehead atoms. The van der Waals surface area contributed by atoms with Crippen molar-refractivity contribution in [1.82, 2.24) is 9.78 Å². The van der Waals surface area contributed by atoms with Crippen molar-refractivity contribution in [1.29, 1.82) is 0 Å². The molecule has 2 nitrogen and oxygen atoms in total. The molecule has 1 aromatic carbocycles. The molecular formula is C10H8F2N2. The van der Waals surface area contributed by atoms with Gasteiger partial charge in [0, 0.05) is 13.2 Å². The van der Waals surface area contributed by atoms with Crippen LogP contribution in [0.25, 0.3) is 11.3 Å². The summed E-state index contributed by atoms with van der Waals surface area (Å²) < 4.78 is 28.1. The van der Waals surface area contributed by atoms with E-state index in [0.717, 1.165) is 0 Å². The molecule has 0 saturated carbocycles. The van der Waals surface area contributed by atoms with E-state index in [2.05, 4.69) is 5.10 Å². The first kappa shape index (κ1) is 8.87. The first-order chi connectivity index (χ1) is 6.70. The number of aromatic nitrogens is 2. The third-order valence-electron chi connectivity index (χ3n) is 2.04. The Morgan fingerprint density at radius 2 is 1.79 bits per heavy atom. The number of aryl methyl sites for hydroxylation is 1. The molecule has 0 atom stereocenters. The summed E-state index contributed by atoms with van der Waals surface area (Å²) >= 11 is 0. The maximum absolute atomic E-state index is 13.3. The summed E-state index contributed by atoms with van der Waals surface area (Å²) in [6.07, 6.45) is 1.50. The highest BCUT2D eigenvalue weighted by Crippen LogP contribution is 2.24. The van der Waals surface area contributed by atoms with Crippen molar-refractivity contribution < 1.29 is 8.78 Å². The van der Waals surface area contributed by atoms with Gasteiger partial charge in [-0.05, 0) is 18.2 Å². The number of hydrogen-bond donors (Lipinski definition) is 0. The number of benzene rings is 1. The van der Waals surface area contributed by atoms with Crippen molar-refractivity contribution in [3.8, 4) is 11.3 Å². The van der Waals surface area contributed by atoms with Crippen molar-refractivity contribution in [3.63, 3.8) is 0 Å². The smallest absolute Gasteiger partial charge is 0.135 e. The Bertz CT molecular complexity index is 443. The lowest BCUT2D eigenvalue weighted by Gasteiger charge is -2.04. The predicted octanol–water partition coefficient (Wildman–Crippen LogP) is 2.37. The van der Waals surface area contributed by atoms with Crippen LogP contribution in [-0.4, -0.2) is 9.78 Å². The van der Waals surface area contributed by atoms with E-state index < -0.39 is 11.6 Å². The van der Waals surface area contributed by atoms with Gasteiger partial charge < -0.3 is 0 Å². The van der Waals surface area contributed by atoms with Crippen molar-refractivity contribution in [3.05, 3.63) is 42.1 Å². The van der Waals surface area contributed by atoms with Crippen LogP contribution in [0.4, 0.5) is 8.78 Å². The lowest BCUT2D eigenvalue weighted by atomic mass is 10.1. The minimum atomic E-state index is -0.575. The molecule has 0 aliphatic heterocycles. The van der Waals surface area contributed by atoms with Gasteiger partial charge in [0.1, 0.15) is 11.6 Å². The summed E-state index contributed by atoms with van der Waals surface area (Å²) in [5, 5.41) is 3.86. The van der Waals surface area contributed by atoms with Gasteiger partial charge in [0.2, 0.25) is 0 Å². The van der Waals surface area contributed by atoms with E-state index in [9.17, 15) is 8.78 Å². The second kappa shape index (κ2) is 3.21. The summed E-state index contributed by atoms with van der Waals surface area (Å²) in [4.78, 5) is 0.